The number of carbonyl (C=O) groups is 1. The minimum absolute atomic E-state index is 0.179. The highest BCUT2D eigenvalue weighted by atomic mass is 16.5. The van der Waals surface area contributed by atoms with E-state index >= 15 is 0 Å². The van der Waals surface area contributed by atoms with Gasteiger partial charge < -0.3 is 14.7 Å². The predicted octanol–water partition coefficient (Wildman–Crippen LogP) is 2.10. The molecule has 1 aromatic heterocycles. The van der Waals surface area contributed by atoms with Gasteiger partial charge in [-0.15, -0.1) is 0 Å². The molecule has 0 radical (unpaired) electrons. The van der Waals surface area contributed by atoms with Crippen molar-refractivity contribution in [3.05, 3.63) is 23.9 Å². The molecule has 0 aromatic carbocycles. The first kappa shape index (κ1) is 16.4. The minimum Gasteiger partial charge on any atom is -0.472 e. The quantitative estimate of drug-likeness (QED) is 0.917. The molecule has 1 rings (SSSR count). The number of hydrogen-bond donors (Lipinski definition) is 1. The number of nitrogens with zero attached hydrogens (tertiary/aromatic N) is 2. The van der Waals surface area contributed by atoms with Crippen LogP contribution in [0.1, 0.15) is 45.0 Å². The van der Waals surface area contributed by atoms with E-state index in [1.165, 1.54) is 11.1 Å². The van der Waals surface area contributed by atoms with Gasteiger partial charge in [0, 0.05) is 25.9 Å². The number of aliphatic hydroxyl groups is 1. The van der Waals surface area contributed by atoms with Crippen molar-refractivity contribution in [1.82, 2.24) is 9.88 Å². The van der Waals surface area contributed by atoms with Crippen molar-refractivity contribution in [2.45, 2.75) is 45.8 Å². The van der Waals surface area contributed by atoms with Gasteiger partial charge in [0.2, 0.25) is 5.88 Å². The summed E-state index contributed by atoms with van der Waals surface area (Å²) in [6.07, 6.45) is 1.49. The second-order valence-electron chi connectivity index (χ2n) is 6.57. The van der Waals surface area contributed by atoms with Gasteiger partial charge in [-0.25, -0.2) is 4.98 Å². The molecular formula is C15H24N2O3. The van der Waals surface area contributed by atoms with Crippen molar-refractivity contribution in [2.75, 3.05) is 13.6 Å². The van der Waals surface area contributed by atoms with Crippen LogP contribution in [-0.4, -0.2) is 45.7 Å². The number of aromatic nitrogens is 1. The molecule has 0 bridgehead atoms. The molecule has 0 spiro atoms. The van der Waals surface area contributed by atoms with Crippen molar-refractivity contribution >= 4 is 5.91 Å². The monoisotopic (exact) mass is 280 g/mol. The Morgan fingerprint density at radius 3 is 2.30 bits per heavy atom. The molecule has 0 aliphatic heterocycles. The summed E-state index contributed by atoms with van der Waals surface area (Å²) >= 11 is 0. The molecule has 0 atom stereocenters. The molecule has 20 heavy (non-hydrogen) atoms. The molecular weight excluding hydrogens is 256 g/mol. The third-order valence-electron chi connectivity index (χ3n) is 2.36. The third kappa shape index (κ3) is 5.57. The molecule has 1 N–H and O–H groups in total. The standard InChI is InChI=1S/C15H24N2O3/c1-14(2,3)20-12-8-7-11(9-16-12)13(18)17(6)10-15(4,5)19/h7-9,19H,10H2,1-6H3. The Morgan fingerprint density at radius 1 is 1.30 bits per heavy atom. The molecule has 0 saturated carbocycles. The van der Waals surface area contributed by atoms with Gasteiger partial charge in [-0.05, 0) is 40.7 Å². The highest BCUT2D eigenvalue weighted by Gasteiger charge is 2.21. The number of likely N-dealkylation sites (N-methyl/N-ethyl adjacent to an activating group) is 1. The molecule has 0 saturated heterocycles. The van der Waals surface area contributed by atoms with Crippen LogP contribution in [0.15, 0.2) is 18.3 Å². The van der Waals surface area contributed by atoms with Crippen LogP contribution < -0.4 is 4.74 Å². The minimum atomic E-state index is -0.923. The SMILES string of the molecule is CN(CC(C)(C)O)C(=O)c1ccc(OC(C)(C)C)nc1. The van der Waals surface area contributed by atoms with Crippen LogP contribution in [0, 0.1) is 0 Å². The van der Waals surface area contributed by atoms with E-state index in [1.807, 2.05) is 20.8 Å². The Bertz CT molecular complexity index is 455. The van der Waals surface area contributed by atoms with E-state index in [2.05, 4.69) is 4.98 Å². The first-order valence-electron chi connectivity index (χ1n) is 6.61. The van der Waals surface area contributed by atoms with Crippen LogP contribution in [0.2, 0.25) is 0 Å². The molecule has 0 aliphatic rings. The average Bonchev–Trinajstić information content (AvgIpc) is 2.24. The van der Waals surface area contributed by atoms with E-state index < -0.39 is 5.60 Å². The van der Waals surface area contributed by atoms with E-state index in [0.29, 0.717) is 11.4 Å². The fraction of sp³-hybridized carbons (Fsp3) is 0.600. The number of pyridine rings is 1. The van der Waals surface area contributed by atoms with E-state index in [1.54, 1.807) is 33.0 Å². The summed E-state index contributed by atoms with van der Waals surface area (Å²) in [6.45, 7) is 9.39. The normalized spacial score (nSPS) is 12.2. The average molecular weight is 280 g/mol. The predicted molar refractivity (Wildman–Crippen MR) is 77.9 cm³/mol. The van der Waals surface area contributed by atoms with Crippen molar-refractivity contribution in [1.29, 1.82) is 0 Å². The van der Waals surface area contributed by atoms with Gasteiger partial charge in [0.05, 0.1) is 11.2 Å². The van der Waals surface area contributed by atoms with E-state index in [4.69, 9.17) is 4.74 Å². The first-order chi connectivity index (χ1) is 8.98. The molecule has 1 aromatic rings. The van der Waals surface area contributed by atoms with Crippen LogP contribution in [0.4, 0.5) is 0 Å². The van der Waals surface area contributed by atoms with E-state index in [-0.39, 0.29) is 18.1 Å². The van der Waals surface area contributed by atoms with Gasteiger partial charge in [-0.2, -0.15) is 0 Å². The second kappa shape index (κ2) is 5.79. The van der Waals surface area contributed by atoms with Crippen molar-refractivity contribution in [3.63, 3.8) is 0 Å². The Kier molecular flexibility index (Phi) is 4.76. The number of amides is 1. The highest BCUT2D eigenvalue weighted by molar-refractivity contribution is 5.93. The molecule has 1 amide bonds. The highest BCUT2D eigenvalue weighted by Crippen LogP contribution is 2.16. The van der Waals surface area contributed by atoms with Gasteiger partial charge in [0.25, 0.3) is 5.91 Å². The van der Waals surface area contributed by atoms with Crippen LogP contribution in [-0.2, 0) is 0 Å². The lowest BCUT2D eigenvalue weighted by atomic mass is 10.1. The van der Waals surface area contributed by atoms with Crippen LogP contribution in [0.25, 0.3) is 0 Å². The van der Waals surface area contributed by atoms with Crippen LogP contribution in [0.3, 0.4) is 0 Å². The Balaban J connectivity index is 2.76. The fourth-order valence-electron chi connectivity index (χ4n) is 1.75. The van der Waals surface area contributed by atoms with Crippen LogP contribution >= 0.6 is 0 Å². The van der Waals surface area contributed by atoms with Crippen molar-refractivity contribution < 1.29 is 14.6 Å². The Labute approximate surface area is 120 Å². The summed E-state index contributed by atoms with van der Waals surface area (Å²) in [5.41, 5.74) is -0.776. The smallest absolute Gasteiger partial charge is 0.255 e. The summed E-state index contributed by atoms with van der Waals surface area (Å²) in [5, 5.41) is 9.73. The fourth-order valence-corrected chi connectivity index (χ4v) is 1.75. The van der Waals surface area contributed by atoms with Gasteiger partial charge in [-0.3, -0.25) is 4.79 Å². The number of ether oxygens (including phenoxy) is 1. The number of rotatable bonds is 4. The molecule has 112 valence electrons. The summed E-state index contributed by atoms with van der Waals surface area (Å²) in [5.74, 6) is 0.307. The van der Waals surface area contributed by atoms with Gasteiger partial charge in [0.1, 0.15) is 5.60 Å². The summed E-state index contributed by atoms with van der Waals surface area (Å²) in [6, 6.07) is 3.35. The summed E-state index contributed by atoms with van der Waals surface area (Å²) in [4.78, 5) is 17.8. The first-order valence-corrected chi connectivity index (χ1v) is 6.61. The zero-order valence-corrected chi connectivity index (χ0v) is 13.1. The topological polar surface area (TPSA) is 62.7 Å². The molecule has 1 heterocycles. The van der Waals surface area contributed by atoms with Crippen molar-refractivity contribution in [3.8, 4) is 5.88 Å². The van der Waals surface area contributed by atoms with Gasteiger partial charge in [0.15, 0.2) is 0 Å². The lowest BCUT2D eigenvalue weighted by Crippen LogP contribution is -2.39. The molecule has 0 aliphatic carbocycles. The Hall–Kier alpha value is -1.62. The van der Waals surface area contributed by atoms with Crippen LogP contribution in [0.5, 0.6) is 5.88 Å². The molecule has 0 fully saturated rings. The van der Waals surface area contributed by atoms with E-state index in [9.17, 15) is 9.90 Å². The lowest BCUT2D eigenvalue weighted by Gasteiger charge is -2.25. The zero-order chi connectivity index (χ0) is 15.6. The number of hydrogen-bond acceptors (Lipinski definition) is 4. The Morgan fingerprint density at radius 2 is 1.90 bits per heavy atom. The molecule has 0 unspecified atom stereocenters. The maximum Gasteiger partial charge on any atom is 0.255 e. The third-order valence-corrected chi connectivity index (χ3v) is 2.36. The molecule has 5 nitrogen and oxygen atoms in total. The zero-order valence-electron chi connectivity index (χ0n) is 13.1. The molecule has 5 heteroatoms. The second-order valence-corrected chi connectivity index (χ2v) is 6.57. The lowest BCUT2D eigenvalue weighted by molar-refractivity contribution is 0.0367. The van der Waals surface area contributed by atoms with Gasteiger partial charge in [-0.1, -0.05) is 0 Å². The summed E-state index contributed by atoms with van der Waals surface area (Å²) < 4.78 is 5.60. The number of carbonyl (C=O) groups excluding carboxylic acids is 1. The summed E-state index contributed by atoms with van der Waals surface area (Å²) in [7, 11) is 1.65. The maximum atomic E-state index is 12.2. The largest absolute Gasteiger partial charge is 0.472 e. The maximum absolute atomic E-state index is 12.2. The van der Waals surface area contributed by atoms with Crippen molar-refractivity contribution in [2.24, 2.45) is 0 Å². The van der Waals surface area contributed by atoms with Gasteiger partial charge >= 0.3 is 0 Å². The van der Waals surface area contributed by atoms with E-state index in [0.717, 1.165) is 0 Å².